The number of hydrogen-bond donors (Lipinski definition) is 3. The third-order valence-electron chi connectivity index (χ3n) is 3.01. The minimum absolute atomic E-state index is 0.205. The highest BCUT2D eigenvalue weighted by Crippen LogP contribution is 2.18. The smallest absolute Gasteiger partial charge is 0.251 e. The number of aromatic amines is 1. The third kappa shape index (κ3) is 2.73. The molecule has 0 aliphatic rings. The number of hydrogen-bond acceptors (Lipinski definition) is 3. The van der Waals surface area contributed by atoms with Gasteiger partial charge in [0.05, 0.1) is 12.2 Å². The molecular formula is C13H15FN4O. The van der Waals surface area contributed by atoms with Gasteiger partial charge in [-0.05, 0) is 26.0 Å². The van der Waals surface area contributed by atoms with Crippen molar-refractivity contribution in [1.29, 1.82) is 0 Å². The van der Waals surface area contributed by atoms with E-state index in [1.807, 2.05) is 6.92 Å². The summed E-state index contributed by atoms with van der Waals surface area (Å²) in [6.45, 7) is 3.39. The Morgan fingerprint density at radius 2 is 2.26 bits per heavy atom. The van der Waals surface area contributed by atoms with Gasteiger partial charge in [0.25, 0.3) is 5.91 Å². The van der Waals surface area contributed by atoms with Crippen LogP contribution in [0, 0.1) is 12.7 Å². The molecule has 0 saturated heterocycles. The zero-order valence-corrected chi connectivity index (χ0v) is 10.7. The number of aromatic nitrogens is 2. The molecule has 1 heterocycles. The zero-order chi connectivity index (χ0) is 14.0. The molecule has 1 aromatic heterocycles. The van der Waals surface area contributed by atoms with Crippen LogP contribution in [0.5, 0.6) is 0 Å². The van der Waals surface area contributed by atoms with E-state index in [9.17, 15) is 9.18 Å². The molecule has 2 rings (SSSR count). The van der Waals surface area contributed by atoms with Crippen molar-refractivity contribution < 1.29 is 9.18 Å². The standard InChI is InChI=1S/C13H15FN4O/c1-7-11(14)3-9(4-12(7)15)13(19)18-8(2)10-5-16-17-6-10/h3-6,8H,15H2,1-2H3,(H,16,17)(H,18,19). The quantitative estimate of drug-likeness (QED) is 0.739. The number of rotatable bonds is 3. The summed E-state index contributed by atoms with van der Waals surface area (Å²) < 4.78 is 13.5. The number of amides is 1. The van der Waals surface area contributed by atoms with Gasteiger partial charge in [0.2, 0.25) is 0 Å². The highest BCUT2D eigenvalue weighted by Gasteiger charge is 2.14. The van der Waals surface area contributed by atoms with E-state index in [1.54, 1.807) is 19.3 Å². The Morgan fingerprint density at radius 1 is 1.53 bits per heavy atom. The minimum Gasteiger partial charge on any atom is -0.398 e. The minimum atomic E-state index is -0.485. The van der Waals surface area contributed by atoms with Crippen molar-refractivity contribution in [3.63, 3.8) is 0 Å². The van der Waals surface area contributed by atoms with Gasteiger partial charge in [-0.3, -0.25) is 9.89 Å². The number of benzene rings is 1. The number of halogens is 1. The normalized spacial score (nSPS) is 12.2. The predicted molar refractivity (Wildman–Crippen MR) is 70.0 cm³/mol. The molecule has 5 nitrogen and oxygen atoms in total. The highest BCUT2D eigenvalue weighted by molar-refractivity contribution is 5.95. The summed E-state index contributed by atoms with van der Waals surface area (Å²) in [6.07, 6.45) is 3.31. The number of nitrogens with two attached hydrogens (primary N) is 1. The molecule has 19 heavy (non-hydrogen) atoms. The van der Waals surface area contributed by atoms with E-state index in [-0.39, 0.29) is 23.2 Å². The fraction of sp³-hybridized carbons (Fsp3) is 0.231. The van der Waals surface area contributed by atoms with Gasteiger partial charge in [-0.2, -0.15) is 5.10 Å². The number of anilines is 1. The van der Waals surface area contributed by atoms with Crippen LogP contribution in [-0.4, -0.2) is 16.1 Å². The van der Waals surface area contributed by atoms with Crippen LogP contribution in [0.2, 0.25) is 0 Å². The molecule has 0 saturated carbocycles. The molecule has 0 spiro atoms. The molecule has 6 heteroatoms. The molecule has 100 valence electrons. The van der Waals surface area contributed by atoms with Gasteiger partial charge in [-0.1, -0.05) is 0 Å². The topological polar surface area (TPSA) is 83.8 Å². The van der Waals surface area contributed by atoms with Gasteiger partial charge >= 0.3 is 0 Å². The second-order valence-electron chi connectivity index (χ2n) is 4.40. The molecule has 1 atom stereocenters. The van der Waals surface area contributed by atoms with Crippen molar-refractivity contribution in [2.75, 3.05) is 5.73 Å². The lowest BCUT2D eigenvalue weighted by Gasteiger charge is -2.13. The molecule has 0 fully saturated rings. The van der Waals surface area contributed by atoms with E-state index < -0.39 is 5.82 Å². The second-order valence-corrected chi connectivity index (χ2v) is 4.40. The molecule has 0 aliphatic carbocycles. The zero-order valence-electron chi connectivity index (χ0n) is 10.7. The van der Waals surface area contributed by atoms with Crippen LogP contribution in [0.3, 0.4) is 0 Å². The van der Waals surface area contributed by atoms with Crippen molar-refractivity contribution in [3.05, 3.63) is 47.0 Å². The lowest BCUT2D eigenvalue weighted by molar-refractivity contribution is 0.0939. The van der Waals surface area contributed by atoms with E-state index >= 15 is 0 Å². The number of H-pyrrole nitrogens is 1. The molecule has 0 bridgehead atoms. The van der Waals surface area contributed by atoms with Crippen LogP contribution in [0.15, 0.2) is 24.5 Å². The molecule has 2 aromatic rings. The molecule has 1 unspecified atom stereocenters. The van der Waals surface area contributed by atoms with E-state index in [0.29, 0.717) is 5.56 Å². The molecule has 0 aliphatic heterocycles. The van der Waals surface area contributed by atoms with Crippen molar-refractivity contribution in [2.45, 2.75) is 19.9 Å². The summed E-state index contributed by atoms with van der Waals surface area (Å²) in [5, 5.41) is 9.23. The maximum atomic E-state index is 13.5. The Balaban J connectivity index is 2.16. The molecule has 1 amide bonds. The van der Waals surface area contributed by atoms with Crippen LogP contribution < -0.4 is 11.1 Å². The van der Waals surface area contributed by atoms with E-state index in [2.05, 4.69) is 15.5 Å². The Kier molecular flexibility index (Phi) is 3.50. The van der Waals surface area contributed by atoms with Gasteiger partial charge in [0.15, 0.2) is 0 Å². The first-order valence-corrected chi connectivity index (χ1v) is 5.84. The van der Waals surface area contributed by atoms with Crippen molar-refractivity contribution in [1.82, 2.24) is 15.5 Å². The molecule has 1 aromatic carbocycles. The molecule has 4 N–H and O–H groups in total. The fourth-order valence-corrected chi connectivity index (χ4v) is 1.69. The maximum Gasteiger partial charge on any atom is 0.251 e. The SMILES string of the molecule is Cc1c(N)cc(C(=O)NC(C)c2cn[nH]c2)cc1F. The van der Waals surface area contributed by atoms with Gasteiger partial charge < -0.3 is 11.1 Å². The van der Waals surface area contributed by atoms with Gasteiger partial charge in [0, 0.05) is 28.6 Å². The lowest BCUT2D eigenvalue weighted by atomic mass is 10.1. The van der Waals surface area contributed by atoms with Gasteiger partial charge in [0.1, 0.15) is 5.82 Å². The number of nitrogens with zero attached hydrogens (tertiary/aromatic N) is 1. The number of carbonyl (C=O) groups excluding carboxylic acids is 1. The average Bonchev–Trinajstić information content (AvgIpc) is 2.89. The summed E-state index contributed by atoms with van der Waals surface area (Å²) in [7, 11) is 0. The highest BCUT2D eigenvalue weighted by atomic mass is 19.1. The summed E-state index contributed by atoms with van der Waals surface area (Å²) in [6, 6.07) is 2.43. The summed E-state index contributed by atoms with van der Waals surface area (Å²) in [5.41, 5.74) is 7.31. The molecule has 0 radical (unpaired) electrons. The first-order chi connectivity index (χ1) is 8.99. The summed E-state index contributed by atoms with van der Waals surface area (Å²) >= 11 is 0. The largest absolute Gasteiger partial charge is 0.398 e. The lowest BCUT2D eigenvalue weighted by Crippen LogP contribution is -2.26. The van der Waals surface area contributed by atoms with Crippen LogP contribution in [-0.2, 0) is 0 Å². The van der Waals surface area contributed by atoms with E-state index in [1.165, 1.54) is 12.1 Å². The van der Waals surface area contributed by atoms with Crippen molar-refractivity contribution >= 4 is 11.6 Å². The fourth-order valence-electron chi connectivity index (χ4n) is 1.69. The van der Waals surface area contributed by atoms with Crippen LogP contribution >= 0.6 is 0 Å². The van der Waals surface area contributed by atoms with Crippen LogP contribution in [0.4, 0.5) is 10.1 Å². The van der Waals surface area contributed by atoms with E-state index in [4.69, 9.17) is 5.73 Å². The average molecular weight is 262 g/mol. The van der Waals surface area contributed by atoms with Crippen LogP contribution in [0.25, 0.3) is 0 Å². The second kappa shape index (κ2) is 5.09. The number of nitrogens with one attached hydrogen (secondary N) is 2. The first-order valence-electron chi connectivity index (χ1n) is 5.84. The van der Waals surface area contributed by atoms with Gasteiger partial charge in [-0.25, -0.2) is 4.39 Å². The summed E-state index contributed by atoms with van der Waals surface area (Å²) in [5.74, 6) is -0.861. The number of nitrogen functional groups attached to an aromatic ring is 1. The Labute approximate surface area is 110 Å². The summed E-state index contributed by atoms with van der Waals surface area (Å²) in [4.78, 5) is 12.0. The predicted octanol–water partition coefficient (Wildman–Crippen LogP) is 1.93. The Morgan fingerprint density at radius 3 is 2.84 bits per heavy atom. The van der Waals surface area contributed by atoms with E-state index in [0.717, 1.165) is 5.56 Å². The number of carbonyl (C=O) groups is 1. The van der Waals surface area contributed by atoms with Crippen LogP contribution in [0.1, 0.15) is 34.5 Å². The van der Waals surface area contributed by atoms with Gasteiger partial charge in [-0.15, -0.1) is 0 Å². The van der Waals surface area contributed by atoms with Crippen molar-refractivity contribution in [3.8, 4) is 0 Å². The maximum absolute atomic E-state index is 13.5. The Hall–Kier alpha value is -2.37. The monoisotopic (exact) mass is 262 g/mol. The third-order valence-corrected chi connectivity index (χ3v) is 3.01. The van der Waals surface area contributed by atoms with Crippen molar-refractivity contribution in [2.24, 2.45) is 0 Å². The Bertz CT molecular complexity index is 572. The first kappa shape index (κ1) is 13.1. The molecular weight excluding hydrogens is 247 g/mol.